The van der Waals surface area contributed by atoms with Gasteiger partial charge < -0.3 is 29.2 Å². The molecule has 0 radical (unpaired) electrons. The van der Waals surface area contributed by atoms with Crippen LogP contribution in [0.15, 0.2) is 23.2 Å². The fourth-order valence-electron chi connectivity index (χ4n) is 4.14. The summed E-state index contributed by atoms with van der Waals surface area (Å²) in [6, 6.07) is 5.90. The minimum Gasteiger partial charge on any atom is -0.497 e. The van der Waals surface area contributed by atoms with Crippen LogP contribution in [0, 0.1) is 0 Å². The van der Waals surface area contributed by atoms with Gasteiger partial charge in [-0.15, -0.1) is 0 Å². The number of aliphatic imine (C=N–C) groups is 1. The summed E-state index contributed by atoms with van der Waals surface area (Å²) >= 11 is 0. The highest BCUT2D eigenvalue weighted by Crippen LogP contribution is 2.24. The van der Waals surface area contributed by atoms with Gasteiger partial charge in [0.1, 0.15) is 11.5 Å². The van der Waals surface area contributed by atoms with Gasteiger partial charge in [-0.1, -0.05) is 0 Å². The molecule has 0 aromatic heterocycles. The number of nitrogens with one attached hydrogen (secondary N) is 1. The summed E-state index contributed by atoms with van der Waals surface area (Å²) in [5, 5.41) is 3.49. The van der Waals surface area contributed by atoms with Gasteiger partial charge in [0.15, 0.2) is 5.96 Å². The number of nitrogens with zero attached hydrogens (tertiary/aromatic N) is 2. The summed E-state index contributed by atoms with van der Waals surface area (Å²) in [6.45, 7) is 4.32. The van der Waals surface area contributed by atoms with E-state index in [0.29, 0.717) is 12.2 Å². The van der Waals surface area contributed by atoms with E-state index in [2.05, 4.69) is 15.2 Å². The fraction of sp³-hybridized carbons (Fsp3) is 0.696. The minimum atomic E-state index is 0.291. The highest BCUT2D eigenvalue weighted by Gasteiger charge is 2.23. The molecule has 7 nitrogen and oxygen atoms in total. The zero-order valence-corrected chi connectivity index (χ0v) is 18.7. The van der Waals surface area contributed by atoms with Crippen LogP contribution in [0.25, 0.3) is 0 Å². The number of likely N-dealkylation sites (tertiary alicyclic amines) is 1. The molecule has 30 heavy (non-hydrogen) atoms. The van der Waals surface area contributed by atoms with E-state index >= 15 is 0 Å². The molecule has 2 saturated heterocycles. The molecule has 1 atom stereocenters. The average Bonchev–Trinajstić information content (AvgIpc) is 2.81. The first kappa shape index (κ1) is 22.7. The van der Waals surface area contributed by atoms with Gasteiger partial charge in [0.05, 0.1) is 33.0 Å². The molecule has 0 amide bonds. The maximum absolute atomic E-state index is 6.13. The standard InChI is InChI=1S/C23H37N3O4/c1-24-23(25-12-9-18-16-20(27-2)7-8-22(18)28-3)26-13-10-19(11-14-26)30-17-21-6-4-5-15-29-21/h7-8,16,19,21H,4-6,9-15,17H2,1-3H3,(H,24,25). The van der Waals surface area contributed by atoms with Gasteiger partial charge in [0.2, 0.25) is 0 Å². The maximum Gasteiger partial charge on any atom is 0.193 e. The smallest absolute Gasteiger partial charge is 0.193 e. The van der Waals surface area contributed by atoms with Crippen LogP contribution in [-0.4, -0.2) is 77.2 Å². The predicted octanol–water partition coefficient (Wildman–Crippen LogP) is 2.87. The lowest BCUT2D eigenvalue weighted by Crippen LogP contribution is -2.47. The lowest BCUT2D eigenvalue weighted by molar-refractivity contribution is -0.0721. The molecule has 2 fully saturated rings. The number of benzene rings is 1. The van der Waals surface area contributed by atoms with E-state index in [1.807, 2.05) is 25.2 Å². The van der Waals surface area contributed by atoms with Crippen molar-refractivity contribution in [1.82, 2.24) is 10.2 Å². The fourth-order valence-corrected chi connectivity index (χ4v) is 4.14. The van der Waals surface area contributed by atoms with Crippen LogP contribution in [0.4, 0.5) is 0 Å². The van der Waals surface area contributed by atoms with Gasteiger partial charge in [-0.25, -0.2) is 0 Å². The third-order valence-corrected chi connectivity index (χ3v) is 5.91. The van der Waals surface area contributed by atoms with Crippen LogP contribution >= 0.6 is 0 Å². The minimum absolute atomic E-state index is 0.291. The van der Waals surface area contributed by atoms with Crippen LogP contribution in [0.1, 0.15) is 37.7 Å². The van der Waals surface area contributed by atoms with Gasteiger partial charge in [-0.2, -0.15) is 0 Å². The lowest BCUT2D eigenvalue weighted by atomic mass is 10.1. The third-order valence-electron chi connectivity index (χ3n) is 5.91. The van der Waals surface area contributed by atoms with Crippen LogP contribution in [-0.2, 0) is 15.9 Å². The monoisotopic (exact) mass is 419 g/mol. The van der Waals surface area contributed by atoms with E-state index < -0.39 is 0 Å². The van der Waals surface area contributed by atoms with Crippen molar-refractivity contribution in [2.75, 3.05) is 54.1 Å². The van der Waals surface area contributed by atoms with Crippen molar-refractivity contribution in [2.24, 2.45) is 4.99 Å². The molecular formula is C23H37N3O4. The van der Waals surface area contributed by atoms with Gasteiger partial charge in [-0.3, -0.25) is 4.99 Å². The van der Waals surface area contributed by atoms with Gasteiger partial charge in [-0.05, 0) is 62.3 Å². The maximum atomic E-state index is 6.13. The highest BCUT2D eigenvalue weighted by atomic mass is 16.5. The lowest BCUT2D eigenvalue weighted by Gasteiger charge is -2.35. The van der Waals surface area contributed by atoms with Gasteiger partial charge in [0, 0.05) is 33.3 Å². The van der Waals surface area contributed by atoms with Crippen molar-refractivity contribution in [1.29, 1.82) is 0 Å². The number of hydrogen-bond acceptors (Lipinski definition) is 5. The Hall–Kier alpha value is -1.99. The third kappa shape index (κ3) is 6.51. The molecule has 2 aliphatic heterocycles. The summed E-state index contributed by atoms with van der Waals surface area (Å²) < 4.78 is 22.7. The number of rotatable bonds is 8. The normalized spacial score (nSPS) is 20.8. The summed E-state index contributed by atoms with van der Waals surface area (Å²) in [5.41, 5.74) is 1.12. The van der Waals surface area contributed by atoms with Crippen LogP contribution in [0.2, 0.25) is 0 Å². The molecule has 7 heteroatoms. The van der Waals surface area contributed by atoms with Crippen molar-refractivity contribution < 1.29 is 18.9 Å². The van der Waals surface area contributed by atoms with E-state index in [-0.39, 0.29) is 0 Å². The second-order valence-electron chi connectivity index (χ2n) is 7.91. The Morgan fingerprint density at radius 2 is 2.00 bits per heavy atom. The second kappa shape index (κ2) is 12.0. The molecule has 0 aliphatic carbocycles. The van der Waals surface area contributed by atoms with Crippen LogP contribution in [0.5, 0.6) is 11.5 Å². The molecular weight excluding hydrogens is 382 g/mol. The van der Waals surface area contributed by atoms with Crippen molar-refractivity contribution in [3.05, 3.63) is 23.8 Å². The number of piperidine rings is 1. The second-order valence-corrected chi connectivity index (χ2v) is 7.91. The van der Waals surface area contributed by atoms with E-state index in [0.717, 1.165) is 81.6 Å². The van der Waals surface area contributed by atoms with E-state index in [1.54, 1.807) is 14.2 Å². The van der Waals surface area contributed by atoms with E-state index in [4.69, 9.17) is 18.9 Å². The molecule has 1 aromatic rings. The molecule has 0 saturated carbocycles. The first-order valence-electron chi connectivity index (χ1n) is 11.1. The molecule has 2 aliphatic rings. The largest absolute Gasteiger partial charge is 0.497 e. The Bertz CT molecular complexity index is 668. The Balaban J connectivity index is 1.40. The molecule has 0 bridgehead atoms. The van der Waals surface area contributed by atoms with Crippen molar-refractivity contribution in [3.8, 4) is 11.5 Å². The Morgan fingerprint density at radius 1 is 1.17 bits per heavy atom. The molecule has 1 N–H and O–H groups in total. The van der Waals surface area contributed by atoms with Gasteiger partial charge in [0.25, 0.3) is 0 Å². The zero-order valence-electron chi connectivity index (χ0n) is 18.7. The molecule has 168 valence electrons. The SMILES string of the molecule is CN=C(NCCc1cc(OC)ccc1OC)N1CCC(OCC2CCCCO2)CC1. The summed E-state index contributed by atoms with van der Waals surface area (Å²) in [4.78, 5) is 6.80. The van der Waals surface area contributed by atoms with Crippen LogP contribution in [0.3, 0.4) is 0 Å². The predicted molar refractivity (Wildman–Crippen MR) is 119 cm³/mol. The summed E-state index contributed by atoms with van der Waals surface area (Å²) in [7, 11) is 5.23. The topological polar surface area (TPSA) is 64.6 Å². The Morgan fingerprint density at radius 3 is 2.67 bits per heavy atom. The van der Waals surface area contributed by atoms with E-state index in [9.17, 15) is 0 Å². The quantitative estimate of drug-likeness (QED) is 0.516. The summed E-state index contributed by atoms with van der Waals surface area (Å²) in [5.74, 6) is 2.68. The van der Waals surface area contributed by atoms with Crippen LogP contribution < -0.4 is 14.8 Å². The van der Waals surface area contributed by atoms with Crippen molar-refractivity contribution >= 4 is 5.96 Å². The van der Waals surface area contributed by atoms with E-state index in [1.165, 1.54) is 12.8 Å². The number of ether oxygens (including phenoxy) is 4. The zero-order chi connectivity index (χ0) is 21.2. The molecule has 1 unspecified atom stereocenters. The first-order valence-corrected chi connectivity index (χ1v) is 11.1. The number of methoxy groups -OCH3 is 2. The van der Waals surface area contributed by atoms with Gasteiger partial charge >= 0.3 is 0 Å². The molecule has 3 rings (SSSR count). The number of guanidine groups is 1. The average molecular weight is 420 g/mol. The molecule has 1 aromatic carbocycles. The van der Waals surface area contributed by atoms with Crippen molar-refractivity contribution in [2.45, 2.75) is 50.7 Å². The number of hydrogen-bond donors (Lipinski definition) is 1. The first-order chi connectivity index (χ1) is 14.7. The van der Waals surface area contributed by atoms with Crippen molar-refractivity contribution in [3.63, 3.8) is 0 Å². The summed E-state index contributed by atoms with van der Waals surface area (Å²) in [6.07, 6.45) is 7.08. The Labute approximate surface area is 180 Å². The Kier molecular flexibility index (Phi) is 9.08. The molecule has 0 spiro atoms. The highest BCUT2D eigenvalue weighted by molar-refractivity contribution is 5.80. The molecule has 2 heterocycles.